The number of rotatable bonds is 1. The molecule has 0 bridgehead atoms. The molecule has 0 fully saturated rings. The van der Waals surface area contributed by atoms with Crippen molar-refractivity contribution in [3.63, 3.8) is 0 Å². The molecule has 2 aliphatic carbocycles. The van der Waals surface area contributed by atoms with Crippen molar-refractivity contribution in [3.05, 3.63) is 77.6 Å². The monoisotopic (exact) mass is 285 g/mol. The second kappa shape index (κ2) is 5.34. The van der Waals surface area contributed by atoms with Gasteiger partial charge >= 0.3 is 0 Å². The van der Waals surface area contributed by atoms with E-state index in [9.17, 15) is 0 Å². The van der Waals surface area contributed by atoms with Gasteiger partial charge in [-0.25, -0.2) is 0 Å². The molecular formula is C21H19N. The van der Waals surface area contributed by atoms with E-state index in [4.69, 9.17) is 0 Å². The highest BCUT2D eigenvalue weighted by molar-refractivity contribution is 5.97. The van der Waals surface area contributed by atoms with Crippen molar-refractivity contribution >= 4 is 28.8 Å². The average Bonchev–Trinajstić information content (AvgIpc) is 2.76. The van der Waals surface area contributed by atoms with E-state index in [1.165, 1.54) is 33.4 Å². The standard InChI is InChI=1S/C21H19N/c1-16-9-8-14-21-19(15-16)18-12-6-7-13-20(18)22(21)17-10-4-2-3-5-11-17/h2,4-8,10-15H,3,9H2,1H3. The predicted molar refractivity (Wildman–Crippen MR) is 96.4 cm³/mol. The first-order valence-electron chi connectivity index (χ1n) is 7.85. The van der Waals surface area contributed by atoms with Crippen LogP contribution in [-0.2, 0) is 0 Å². The first-order valence-corrected chi connectivity index (χ1v) is 7.85. The fourth-order valence-corrected chi connectivity index (χ4v) is 3.26. The maximum atomic E-state index is 2.38. The van der Waals surface area contributed by atoms with E-state index < -0.39 is 0 Å². The van der Waals surface area contributed by atoms with Crippen LogP contribution in [0.25, 0.3) is 28.8 Å². The summed E-state index contributed by atoms with van der Waals surface area (Å²) in [5, 5.41) is 1.32. The molecule has 2 aliphatic rings. The lowest BCUT2D eigenvalue weighted by Gasteiger charge is -2.09. The van der Waals surface area contributed by atoms with Crippen LogP contribution in [0.3, 0.4) is 0 Å². The Morgan fingerprint density at radius 3 is 2.86 bits per heavy atom. The van der Waals surface area contributed by atoms with Crippen LogP contribution in [0.15, 0.2) is 66.3 Å². The van der Waals surface area contributed by atoms with E-state index in [0.29, 0.717) is 0 Å². The molecule has 0 spiro atoms. The second-order valence-electron chi connectivity index (χ2n) is 5.91. The third-order valence-corrected chi connectivity index (χ3v) is 4.28. The molecular weight excluding hydrogens is 266 g/mol. The topological polar surface area (TPSA) is 4.93 Å². The zero-order valence-corrected chi connectivity index (χ0v) is 12.8. The van der Waals surface area contributed by atoms with Crippen LogP contribution in [0.5, 0.6) is 0 Å². The van der Waals surface area contributed by atoms with Gasteiger partial charge in [-0.1, -0.05) is 54.2 Å². The minimum Gasteiger partial charge on any atom is -0.309 e. The highest BCUT2D eigenvalue weighted by Gasteiger charge is 2.16. The molecule has 108 valence electrons. The molecule has 0 N–H and O–H groups in total. The predicted octanol–water partition coefficient (Wildman–Crippen LogP) is 5.82. The third kappa shape index (κ3) is 2.10. The summed E-state index contributed by atoms with van der Waals surface area (Å²) in [5.74, 6) is 0. The van der Waals surface area contributed by atoms with Gasteiger partial charge in [0.15, 0.2) is 0 Å². The van der Waals surface area contributed by atoms with Gasteiger partial charge < -0.3 is 4.57 Å². The summed E-state index contributed by atoms with van der Waals surface area (Å²) in [5.41, 5.74) is 6.52. The van der Waals surface area contributed by atoms with Crippen molar-refractivity contribution in [2.24, 2.45) is 0 Å². The van der Waals surface area contributed by atoms with E-state index in [0.717, 1.165) is 12.8 Å². The molecule has 0 atom stereocenters. The number of benzene rings is 1. The van der Waals surface area contributed by atoms with E-state index in [1.807, 2.05) is 0 Å². The van der Waals surface area contributed by atoms with Crippen molar-refractivity contribution in [1.82, 2.24) is 4.57 Å². The van der Waals surface area contributed by atoms with Gasteiger partial charge in [-0.15, -0.1) is 0 Å². The minimum atomic E-state index is 0.996. The Morgan fingerprint density at radius 1 is 1.00 bits per heavy atom. The number of hydrogen-bond acceptors (Lipinski definition) is 0. The molecule has 0 radical (unpaired) electrons. The zero-order valence-electron chi connectivity index (χ0n) is 12.8. The molecule has 0 amide bonds. The SMILES string of the molecule is CC1=Cc2c(n(C3=CC=CCC=C3)c3ccccc23)C=CC1. The van der Waals surface area contributed by atoms with Crippen LogP contribution < -0.4 is 0 Å². The lowest BCUT2D eigenvalue weighted by molar-refractivity contribution is 1.15. The van der Waals surface area contributed by atoms with Gasteiger partial charge in [-0.2, -0.15) is 0 Å². The molecule has 4 rings (SSSR count). The highest BCUT2D eigenvalue weighted by atomic mass is 15.0. The Hall–Kier alpha value is -2.54. The van der Waals surface area contributed by atoms with E-state index in [1.54, 1.807) is 0 Å². The van der Waals surface area contributed by atoms with Crippen molar-refractivity contribution in [2.75, 3.05) is 0 Å². The van der Waals surface area contributed by atoms with Gasteiger partial charge in [0, 0.05) is 16.6 Å². The zero-order chi connectivity index (χ0) is 14.9. The summed E-state index contributed by atoms with van der Waals surface area (Å²) in [6.45, 7) is 2.21. The van der Waals surface area contributed by atoms with Crippen LogP contribution >= 0.6 is 0 Å². The lowest BCUT2D eigenvalue weighted by Crippen LogP contribution is -1.97. The van der Waals surface area contributed by atoms with Crippen LogP contribution in [0.4, 0.5) is 0 Å². The van der Waals surface area contributed by atoms with Crippen LogP contribution in [0, 0.1) is 0 Å². The molecule has 0 saturated carbocycles. The van der Waals surface area contributed by atoms with E-state index >= 15 is 0 Å². The largest absolute Gasteiger partial charge is 0.309 e. The maximum Gasteiger partial charge on any atom is 0.0541 e. The molecule has 1 aromatic carbocycles. The summed E-state index contributed by atoms with van der Waals surface area (Å²) in [7, 11) is 0. The molecule has 2 aromatic rings. The lowest BCUT2D eigenvalue weighted by atomic mass is 10.1. The Labute approximate surface area is 131 Å². The van der Waals surface area contributed by atoms with E-state index in [2.05, 4.69) is 84.4 Å². The Morgan fingerprint density at radius 2 is 1.91 bits per heavy atom. The molecule has 0 unspecified atom stereocenters. The minimum absolute atomic E-state index is 0.996. The molecule has 1 aromatic heterocycles. The molecule has 0 aliphatic heterocycles. The maximum absolute atomic E-state index is 2.38. The van der Waals surface area contributed by atoms with Gasteiger partial charge in [-0.05, 0) is 44.1 Å². The summed E-state index contributed by atoms with van der Waals surface area (Å²) in [6.07, 6.45) is 19.9. The van der Waals surface area contributed by atoms with Crippen LogP contribution in [0.1, 0.15) is 31.0 Å². The molecule has 1 heterocycles. The summed E-state index contributed by atoms with van der Waals surface area (Å²) < 4.78 is 2.38. The second-order valence-corrected chi connectivity index (χ2v) is 5.91. The summed E-state index contributed by atoms with van der Waals surface area (Å²) >= 11 is 0. The summed E-state index contributed by atoms with van der Waals surface area (Å²) in [4.78, 5) is 0. The molecule has 0 saturated heterocycles. The molecule has 22 heavy (non-hydrogen) atoms. The highest BCUT2D eigenvalue weighted by Crippen LogP contribution is 2.34. The Bertz CT molecular complexity index is 882. The van der Waals surface area contributed by atoms with Gasteiger partial charge in [0.25, 0.3) is 0 Å². The molecule has 1 nitrogen and oxygen atoms in total. The smallest absolute Gasteiger partial charge is 0.0541 e. The van der Waals surface area contributed by atoms with Crippen molar-refractivity contribution < 1.29 is 0 Å². The van der Waals surface area contributed by atoms with Gasteiger partial charge in [0.05, 0.1) is 11.2 Å². The van der Waals surface area contributed by atoms with Gasteiger partial charge in [0.2, 0.25) is 0 Å². The Kier molecular flexibility index (Phi) is 3.19. The van der Waals surface area contributed by atoms with Crippen molar-refractivity contribution in [3.8, 4) is 0 Å². The fourth-order valence-electron chi connectivity index (χ4n) is 3.26. The average molecular weight is 285 g/mol. The number of nitrogens with zero attached hydrogens (tertiary/aromatic N) is 1. The number of fused-ring (bicyclic) bond motifs is 3. The molecule has 1 heteroatoms. The first-order chi connectivity index (χ1) is 10.8. The first kappa shape index (κ1) is 13.1. The quantitative estimate of drug-likeness (QED) is 0.622. The third-order valence-electron chi connectivity index (χ3n) is 4.28. The normalized spacial score (nSPS) is 17.0. The number of para-hydroxylation sites is 1. The number of allylic oxidation sites excluding steroid dienone is 8. The van der Waals surface area contributed by atoms with Crippen molar-refractivity contribution in [1.29, 1.82) is 0 Å². The van der Waals surface area contributed by atoms with Gasteiger partial charge in [-0.3, -0.25) is 0 Å². The Balaban J connectivity index is 2.09. The number of aromatic nitrogens is 1. The van der Waals surface area contributed by atoms with Crippen LogP contribution in [0.2, 0.25) is 0 Å². The van der Waals surface area contributed by atoms with Gasteiger partial charge in [0.1, 0.15) is 0 Å². The van der Waals surface area contributed by atoms with E-state index in [-0.39, 0.29) is 0 Å². The summed E-state index contributed by atoms with van der Waals surface area (Å²) in [6, 6.07) is 8.69. The van der Waals surface area contributed by atoms with Crippen LogP contribution in [-0.4, -0.2) is 4.57 Å². The number of hydrogen-bond donors (Lipinski definition) is 0. The van der Waals surface area contributed by atoms with Crippen molar-refractivity contribution in [2.45, 2.75) is 19.8 Å². The fraction of sp³-hybridized carbons (Fsp3) is 0.143.